The van der Waals surface area contributed by atoms with Crippen LogP contribution in [0.3, 0.4) is 0 Å². The van der Waals surface area contributed by atoms with E-state index in [1.54, 1.807) is 12.4 Å². The number of benzene rings is 1. The fourth-order valence-corrected chi connectivity index (χ4v) is 1.70. The van der Waals surface area contributed by atoms with Gasteiger partial charge in [-0.05, 0) is 26.0 Å². The Labute approximate surface area is 92.4 Å². The van der Waals surface area contributed by atoms with E-state index >= 15 is 0 Å². The number of aryl methyl sites for hydroxylation is 2. The van der Waals surface area contributed by atoms with Crippen molar-refractivity contribution in [1.29, 1.82) is 0 Å². The van der Waals surface area contributed by atoms with Gasteiger partial charge in [0.15, 0.2) is 0 Å². The topological polar surface area (TPSA) is 51.6 Å². The Morgan fingerprint density at radius 3 is 1.56 bits per heavy atom. The lowest BCUT2D eigenvalue weighted by Crippen LogP contribution is -1.91. The van der Waals surface area contributed by atoms with Crippen molar-refractivity contribution < 1.29 is 0 Å². The highest BCUT2D eigenvalue weighted by Crippen LogP contribution is 2.17. The first kappa shape index (κ1) is 9.15. The molecule has 4 nitrogen and oxygen atoms in total. The fraction of sp³-hybridized carbons (Fsp3) is 0.167. The number of nitrogens with zero attached hydrogens (tertiary/aromatic N) is 4. The Balaban J connectivity index is 2.44. The van der Waals surface area contributed by atoms with Crippen LogP contribution in [0.5, 0.6) is 0 Å². The molecule has 0 aliphatic heterocycles. The molecule has 1 aromatic carbocycles. The van der Waals surface area contributed by atoms with Gasteiger partial charge in [0.2, 0.25) is 0 Å². The summed E-state index contributed by atoms with van der Waals surface area (Å²) in [5.74, 6) is 0. The number of aromatic nitrogens is 4. The molecule has 0 radical (unpaired) electrons. The molecule has 0 aliphatic carbocycles. The standard InChI is InChI=1S/C12H10N4/c1-7-5-13-9-4-12-10(3-11(9)15-7)14-6-8(2)16-12/h3-6H,1-2H3. The van der Waals surface area contributed by atoms with E-state index in [0.29, 0.717) is 0 Å². The molecule has 0 bridgehead atoms. The molecule has 0 spiro atoms. The van der Waals surface area contributed by atoms with Crippen LogP contribution in [0, 0.1) is 13.8 Å². The van der Waals surface area contributed by atoms with Gasteiger partial charge in [0.1, 0.15) is 0 Å². The molecule has 0 saturated heterocycles. The van der Waals surface area contributed by atoms with Crippen LogP contribution >= 0.6 is 0 Å². The molecule has 2 aromatic heterocycles. The van der Waals surface area contributed by atoms with Gasteiger partial charge in [-0.2, -0.15) is 0 Å². The van der Waals surface area contributed by atoms with Gasteiger partial charge in [-0.15, -0.1) is 0 Å². The zero-order chi connectivity index (χ0) is 11.1. The van der Waals surface area contributed by atoms with Crippen molar-refractivity contribution in [3.8, 4) is 0 Å². The average molecular weight is 210 g/mol. The highest BCUT2D eigenvalue weighted by Gasteiger charge is 2.02. The number of hydrogen-bond acceptors (Lipinski definition) is 4. The molecule has 3 rings (SSSR count). The summed E-state index contributed by atoms with van der Waals surface area (Å²) in [4.78, 5) is 17.5. The smallest absolute Gasteiger partial charge is 0.0913 e. The van der Waals surface area contributed by atoms with Crippen molar-refractivity contribution in [2.75, 3.05) is 0 Å². The third-order valence-electron chi connectivity index (χ3n) is 2.45. The van der Waals surface area contributed by atoms with E-state index < -0.39 is 0 Å². The SMILES string of the molecule is Cc1cnc2cc3nc(C)cnc3cc2n1. The van der Waals surface area contributed by atoms with Crippen molar-refractivity contribution in [2.45, 2.75) is 13.8 Å². The molecular weight excluding hydrogens is 200 g/mol. The van der Waals surface area contributed by atoms with Crippen LogP contribution in [0.2, 0.25) is 0 Å². The average Bonchev–Trinajstić information content (AvgIpc) is 2.26. The van der Waals surface area contributed by atoms with Crippen molar-refractivity contribution in [3.05, 3.63) is 35.9 Å². The van der Waals surface area contributed by atoms with Crippen molar-refractivity contribution in [1.82, 2.24) is 19.9 Å². The molecule has 78 valence electrons. The molecule has 2 heterocycles. The molecule has 0 fully saturated rings. The summed E-state index contributed by atoms with van der Waals surface area (Å²) in [5.41, 5.74) is 5.27. The molecule has 0 atom stereocenters. The van der Waals surface area contributed by atoms with Crippen LogP contribution in [0.15, 0.2) is 24.5 Å². The first-order chi connectivity index (χ1) is 7.72. The van der Waals surface area contributed by atoms with E-state index in [1.165, 1.54) is 0 Å². The lowest BCUT2D eigenvalue weighted by atomic mass is 10.2. The first-order valence-electron chi connectivity index (χ1n) is 5.09. The van der Waals surface area contributed by atoms with Gasteiger partial charge in [-0.1, -0.05) is 0 Å². The molecule has 3 aromatic rings. The fourth-order valence-electron chi connectivity index (χ4n) is 1.70. The highest BCUT2D eigenvalue weighted by molar-refractivity contribution is 5.90. The maximum Gasteiger partial charge on any atom is 0.0913 e. The molecular formula is C12H10N4. The van der Waals surface area contributed by atoms with E-state index in [9.17, 15) is 0 Å². The first-order valence-corrected chi connectivity index (χ1v) is 5.09. The normalized spacial score (nSPS) is 11.1. The minimum Gasteiger partial charge on any atom is -0.253 e. The predicted molar refractivity (Wildman–Crippen MR) is 62.1 cm³/mol. The van der Waals surface area contributed by atoms with E-state index in [1.807, 2.05) is 26.0 Å². The zero-order valence-electron chi connectivity index (χ0n) is 9.10. The second-order valence-electron chi connectivity index (χ2n) is 3.85. The minimum atomic E-state index is 0.859. The number of hydrogen-bond donors (Lipinski definition) is 0. The second kappa shape index (κ2) is 3.20. The number of fused-ring (bicyclic) bond motifs is 2. The van der Waals surface area contributed by atoms with Crippen molar-refractivity contribution >= 4 is 22.1 Å². The summed E-state index contributed by atoms with van der Waals surface area (Å²) in [6.07, 6.45) is 3.52. The lowest BCUT2D eigenvalue weighted by Gasteiger charge is -2.01. The summed E-state index contributed by atoms with van der Waals surface area (Å²) < 4.78 is 0. The third kappa shape index (κ3) is 1.39. The molecule has 0 amide bonds. The molecule has 0 unspecified atom stereocenters. The Hall–Kier alpha value is -2.10. The largest absolute Gasteiger partial charge is 0.253 e. The molecule has 0 aliphatic rings. The van der Waals surface area contributed by atoms with Gasteiger partial charge < -0.3 is 0 Å². The Morgan fingerprint density at radius 2 is 1.12 bits per heavy atom. The van der Waals surface area contributed by atoms with Crippen LogP contribution in [0.25, 0.3) is 22.1 Å². The maximum atomic E-state index is 4.42. The Bertz CT molecular complexity index is 629. The van der Waals surface area contributed by atoms with Gasteiger partial charge in [-0.3, -0.25) is 9.97 Å². The van der Waals surface area contributed by atoms with E-state index in [4.69, 9.17) is 0 Å². The molecule has 0 saturated carbocycles. The zero-order valence-corrected chi connectivity index (χ0v) is 9.10. The molecule has 16 heavy (non-hydrogen) atoms. The van der Waals surface area contributed by atoms with Crippen LogP contribution < -0.4 is 0 Å². The Kier molecular flexibility index (Phi) is 1.83. The predicted octanol–water partition coefficient (Wildman–Crippen LogP) is 2.19. The summed E-state index contributed by atoms with van der Waals surface area (Å²) in [7, 11) is 0. The maximum absolute atomic E-state index is 4.42. The van der Waals surface area contributed by atoms with E-state index in [2.05, 4.69) is 19.9 Å². The third-order valence-corrected chi connectivity index (χ3v) is 2.45. The van der Waals surface area contributed by atoms with Gasteiger partial charge in [0.25, 0.3) is 0 Å². The highest BCUT2D eigenvalue weighted by atomic mass is 14.8. The van der Waals surface area contributed by atoms with Gasteiger partial charge in [0.05, 0.1) is 33.5 Å². The van der Waals surface area contributed by atoms with E-state index in [0.717, 1.165) is 33.5 Å². The lowest BCUT2D eigenvalue weighted by molar-refractivity contribution is 1.17. The number of rotatable bonds is 0. The quantitative estimate of drug-likeness (QED) is 0.534. The van der Waals surface area contributed by atoms with Gasteiger partial charge >= 0.3 is 0 Å². The summed E-state index contributed by atoms with van der Waals surface area (Å²) in [5, 5.41) is 0. The monoisotopic (exact) mass is 210 g/mol. The summed E-state index contributed by atoms with van der Waals surface area (Å²) in [6.45, 7) is 3.86. The molecule has 0 N–H and O–H groups in total. The van der Waals surface area contributed by atoms with Gasteiger partial charge in [-0.25, -0.2) is 9.97 Å². The minimum absolute atomic E-state index is 0.859. The van der Waals surface area contributed by atoms with Crippen LogP contribution in [0.1, 0.15) is 11.4 Å². The molecule has 4 heteroatoms. The summed E-state index contributed by atoms with van der Waals surface area (Å²) in [6, 6.07) is 3.86. The summed E-state index contributed by atoms with van der Waals surface area (Å²) >= 11 is 0. The van der Waals surface area contributed by atoms with Crippen LogP contribution in [-0.4, -0.2) is 19.9 Å². The van der Waals surface area contributed by atoms with Gasteiger partial charge in [0, 0.05) is 12.4 Å². The Morgan fingerprint density at radius 1 is 0.688 bits per heavy atom. The van der Waals surface area contributed by atoms with Crippen molar-refractivity contribution in [3.63, 3.8) is 0 Å². The van der Waals surface area contributed by atoms with Crippen LogP contribution in [-0.2, 0) is 0 Å². The van der Waals surface area contributed by atoms with Crippen molar-refractivity contribution in [2.24, 2.45) is 0 Å². The van der Waals surface area contributed by atoms with Crippen LogP contribution in [0.4, 0.5) is 0 Å². The second-order valence-corrected chi connectivity index (χ2v) is 3.85. The van der Waals surface area contributed by atoms with E-state index in [-0.39, 0.29) is 0 Å².